The van der Waals surface area contributed by atoms with E-state index in [4.69, 9.17) is 13.9 Å². The number of esters is 1. The number of aliphatic hydroxyl groups is 1. The van der Waals surface area contributed by atoms with Crippen molar-refractivity contribution < 1.29 is 56.1 Å². The molecule has 0 aliphatic carbocycles. The second kappa shape index (κ2) is 17.8. The number of cyclic esters (lactones) is 1. The second-order valence-corrected chi connectivity index (χ2v) is 12.7. The number of carbonyl (C=O) groups is 5. The average Bonchev–Trinajstić information content (AvgIpc) is 3.76. The van der Waals surface area contributed by atoms with E-state index in [1.807, 2.05) is 0 Å². The van der Waals surface area contributed by atoms with Gasteiger partial charge in [-0.3, -0.25) is 19.7 Å². The van der Waals surface area contributed by atoms with Crippen molar-refractivity contribution >= 4 is 35.3 Å². The van der Waals surface area contributed by atoms with Crippen LogP contribution in [0.1, 0.15) is 62.0 Å². The van der Waals surface area contributed by atoms with Gasteiger partial charge in [0.05, 0.1) is 24.7 Å². The smallest absolute Gasteiger partial charge is 0.416 e. The van der Waals surface area contributed by atoms with Crippen LogP contribution in [0.3, 0.4) is 0 Å². The van der Waals surface area contributed by atoms with Gasteiger partial charge in [0, 0.05) is 37.0 Å². The van der Waals surface area contributed by atoms with Crippen molar-refractivity contribution in [2.24, 2.45) is 11.8 Å². The topological polar surface area (TPSA) is 177 Å². The molecule has 1 aromatic carbocycles. The van der Waals surface area contributed by atoms with Gasteiger partial charge in [0.25, 0.3) is 5.91 Å². The molecule has 1 saturated heterocycles. The number of Topliss-reactive ketones (excluding diaryl/α,β-unsaturated/α-hetero) is 1. The monoisotopic (exact) mass is 730 g/mol. The summed E-state index contributed by atoms with van der Waals surface area (Å²) in [6, 6.07) is 2.80. The number of alkyl halides is 3. The highest BCUT2D eigenvalue weighted by Gasteiger charge is 2.39. The Hall–Kier alpha value is -5.25. The van der Waals surface area contributed by atoms with Gasteiger partial charge in [-0.15, -0.1) is 0 Å². The lowest BCUT2D eigenvalue weighted by molar-refractivity contribution is -0.159. The maximum Gasteiger partial charge on any atom is 0.416 e. The summed E-state index contributed by atoms with van der Waals surface area (Å²) in [5.74, 6) is -3.46. The van der Waals surface area contributed by atoms with Gasteiger partial charge in [-0.1, -0.05) is 43.7 Å². The number of nitrogens with one attached hydrogen (secondary N) is 2. The van der Waals surface area contributed by atoms with Crippen molar-refractivity contribution in [3.8, 4) is 0 Å². The number of halogens is 3. The van der Waals surface area contributed by atoms with Crippen LogP contribution in [0.2, 0.25) is 0 Å². The van der Waals surface area contributed by atoms with Crippen LogP contribution >= 0.6 is 0 Å². The van der Waals surface area contributed by atoms with Crippen molar-refractivity contribution in [2.75, 3.05) is 25.0 Å². The maximum atomic E-state index is 13.6. The Labute approximate surface area is 297 Å². The van der Waals surface area contributed by atoms with Crippen LogP contribution in [0.15, 0.2) is 70.9 Å². The van der Waals surface area contributed by atoms with Crippen LogP contribution in [0.4, 0.5) is 23.7 Å². The first-order valence-electron chi connectivity index (χ1n) is 16.7. The maximum absolute atomic E-state index is 13.6. The molecular formula is C36H41F3N4O9. The number of amides is 3. The minimum Gasteiger partial charge on any atom is -0.460 e. The van der Waals surface area contributed by atoms with Crippen LogP contribution < -0.4 is 10.6 Å². The molecule has 0 saturated carbocycles. The number of oxazole rings is 1. The molecule has 2 bridgehead atoms. The van der Waals surface area contributed by atoms with Gasteiger partial charge in [0.1, 0.15) is 24.2 Å². The largest absolute Gasteiger partial charge is 0.460 e. The Kier molecular flexibility index (Phi) is 13.5. The highest BCUT2D eigenvalue weighted by molar-refractivity contribution is 5.95. The quantitative estimate of drug-likeness (QED) is 0.371. The molecular weight excluding hydrogens is 689 g/mol. The van der Waals surface area contributed by atoms with Crippen LogP contribution in [-0.2, 0) is 36.5 Å². The van der Waals surface area contributed by atoms with Crippen molar-refractivity contribution in [1.82, 2.24) is 15.2 Å². The van der Waals surface area contributed by atoms with Crippen molar-refractivity contribution in [3.05, 3.63) is 83.6 Å². The number of nitrogens with zero attached hydrogens (tertiary/aromatic N) is 2. The zero-order chi connectivity index (χ0) is 38.0. The molecule has 280 valence electrons. The zero-order valence-electron chi connectivity index (χ0n) is 28.9. The summed E-state index contributed by atoms with van der Waals surface area (Å²) >= 11 is 0. The summed E-state index contributed by atoms with van der Waals surface area (Å²) in [5, 5.41) is 15.4. The highest BCUT2D eigenvalue weighted by Crippen LogP contribution is 2.30. The predicted octanol–water partition coefficient (Wildman–Crippen LogP) is 4.78. The van der Waals surface area contributed by atoms with Gasteiger partial charge in [0.15, 0.2) is 5.69 Å². The molecule has 5 atom stereocenters. The molecule has 1 fully saturated rings. The number of aliphatic hydroxyl groups excluding tert-OH is 1. The molecule has 3 amide bonds. The fourth-order valence-electron chi connectivity index (χ4n) is 5.75. The predicted molar refractivity (Wildman–Crippen MR) is 180 cm³/mol. The fourth-order valence-corrected chi connectivity index (χ4v) is 5.75. The summed E-state index contributed by atoms with van der Waals surface area (Å²) in [6.07, 6.45) is 1.46. The van der Waals surface area contributed by atoms with E-state index < -0.39 is 65.7 Å². The van der Waals surface area contributed by atoms with Gasteiger partial charge < -0.3 is 29.2 Å². The van der Waals surface area contributed by atoms with E-state index in [1.54, 1.807) is 32.9 Å². The number of allylic oxidation sites excluding steroid dienone is 2. The number of ketones is 1. The van der Waals surface area contributed by atoms with Crippen LogP contribution in [0.25, 0.3) is 0 Å². The lowest BCUT2D eigenvalue weighted by Gasteiger charge is -2.30. The Morgan fingerprint density at radius 2 is 1.90 bits per heavy atom. The van der Waals surface area contributed by atoms with Crippen LogP contribution in [0, 0.1) is 11.8 Å². The van der Waals surface area contributed by atoms with Crippen LogP contribution in [0.5, 0.6) is 0 Å². The first-order valence-corrected chi connectivity index (χ1v) is 16.7. The van der Waals surface area contributed by atoms with Gasteiger partial charge in [0.2, 0.25) is 11.8 Å². The van der Waals surface area contributed by atoms with Gasteiger partial charge in [-0.25, -0.2) is 14.6 Å². The minimum absolute atomic E-state index is 0.0227. The van der Waals surface area contributed by atoms with E-state index in [2.05, 4.69) is 15.6 Å². The van der Waals surface area contributed by atoms with Crippen molar-refractivity contribution in [2.45, 2.75) is 70.9 Å². The number of anilines is 1. The summed E-state index contributed by atoms with van der Waals surface area (Å²) in [4.78, 5) is 70.2. The van der Waals surface area contributed by atoms with E-state index in [0.717, 1.165) is 30.5 Å². The number of carbonyl (C=O) groups excluding carboxylic acids is 5. The molecule has 13 nitrogen and oxygen atoms in total. The second-order valence-electron chi connectivity index (χ2n) is 12.7. The third-order valence-corrected chi connectivity index (χ3v) is 8.39. The van der Waals surface area contributed by atoms with E-state index >= 15 is 0 Å². The van der Waals surface area contributed by atoms with E-state index in [-0.39, 0.29) is 62.0 Å². The first-order chi connectivity index (χ1) is 24.6. The molecule has 0 spiro atoms. The molecule has 52 heavy (non-hydrogen) atoms. The Morgan fingerprint density at radius 3 is 2.62 bits per heavy atom. The van der Waals surface area contributed by atoms with E-state index in [9.17, 15) is 42.3 Å². The number of benzene rings is 1. The first kappa shape index (κ1) is 39.5. The molecule has 4 rings (SSSR count). The molecule has 0 radical (unpaired) electrons. The lowest BCUT2D eigenvalue weighted by Crippen LogP contribution is -2.44. The molecule has 1 aromatic heterocycles. The summed E-state index contributed by atoms with van der Waals surface area (Å²) in [7, 11) is 0. The number of hydrogen-bond acceptors (Lipinski definition) is 10. The fraction of sp³-hybridized carbons (Fsp3) is 0.444. The summed E-state index contributed by atoms with van der Waals surface area (Å²) in [6.45, 7) is 5.14. The lowest BCUT2D eigenvalue weighted by atomic mass is 9.93. The summed E-state index contributed by atoms with van der Waals surface area (Å²) < 4.78 is 55.3. The average molecular weight is 731 g/mol. The SMILES string of the molecule is CC1=C\[C@@H](O)CC(=O)Cc2nc(co2)C(=O)N2CCC[C@@H]2C(=O)O[C@H]([C@H](C)COC(=O)Nc2ccc(C(F)(F)F)cc2)[C@H](C)/C=C/C(=O)NC\C=C\1. The van der Waals surface area contributed by atoms with E-state index in [0.29, 0.717) is 12.0 Å². The summed E-state index contributed by atoms with van der Waals surface area (Å²) in [5.41, 5.74) is -0.276. The number of ether oxygens (including phenoxy) is 2. The number of aromatic nitrogens is 1. The van der Waals surface area contributed by atoms with E-state index in [1.165, 1.54) is 23.1 Å². The minimum atomic E-state index is -4.54. The Balaban J connectivity index is 1.52. The molecule has 2 aromatic rings. The van der Waals surface area contributed by atoms with Gasteiger partial charge in [-0.2, -0.15) is 13.2 Å². The molecule has 16 heteroatoms. The third kappa shape index (κ3) is 11.4. The number of hydrogen-bond donors (Lipinski definition) is 3. The Morgan fingerprint density at radius 1 is 1.17 bits per heavy atom. The van der Waals surface area contributed by atoms with Crippen LogP contribution in [-0.4, -0.2) is 82.6 Å². The number of fused-ring (bicyclic) bond motifs is 3. The van der Waals surface area contributed by atoms with Crippen molar-refractivity contribution in [1.29, 1.82) is 0 Å². The van der Waals surface area contributed by atoms with Crippen molar-refractivity contribution in [3.63, 3.8) is 0 Å². The van der Waals surface area contributed by atoms with Gasteiger partial charge in [-0.05, 0) is 50.1 Å². The highest BCUT2D eigenvalue weighted by atomic mass is 19.4. The normalized spacial score (nSPS) is 25.5. The molecule has 3 N–H and O–H groups in total. The zero-order valence-corrected chi connectivity index (χ0v) is 28.9. The van der Waals surface area contributed by atoms with Gasteiger partial charge >= 0.3 is 18.2 Å². The number of rotatable bonds is 4. The molecule has 0 unspecified atom stereocenters. The molecule has 2 aliphatic heterocycles. The third-order valence-electron chi connectivity index (χ3n) is 8.39. The standard InChI is InChI=1S/C36H41F3N4O9/c1-21-6-4-14-40-30(46)13-8-22(2)32(23(3)19-51-35(49)41-25-11-9-24(10-12-25)36(37,38)39)52-34(48)29-7-5-15-43(29)33(47)28-20-50-31(42-28)18-27(45)17-26(44)16-21/h4,6,8-13,16,20,22-23,26,29,32,44H,5,7,14-15,17-19H2,1-3H3,(H,40,46)(H,41,49)/b6-4+,13-8+,21-16+/t22-,23-,26-,29-,32+/m1/s1. The molecule has 3 heterocycles. The Bertz CT molecular complexity index is 1700. The molecule has 2 aliphatic rings.